The minimum absolute atomic E-state index is 0.259. The van der Waals surface area contributed by atoms with Gasteiger partial charge in [0, 0.05) is 5.56 Å². The number of aromatic nitrogens is 2. The quantitative estimate of drug-likeness (QED) is 0.503. The number of hydrogen-bond donors (Lipinski definition) is 1. The first kappa shape index (κ1) is 19.3. The molecule has 0 spiro atoms. The van der Waals surface area contributed by atoms with Crippen LogP contribution in [0, 0.1) is 0 Å². The van der Waals surface area contributed by atoms with Crippen LogP contribution in [-0.2, 0) is 0 Å². The van der Waals surface area contributed by atoms with Gasteiger partial charge in [0.25, 0.3) is 5.91 Å². The topological polar surface area (TPSA) is 73.3 Å². The second-order valence-electron chi connectivity index (χ2n) is 5.64. The SMILES string of the molecule is CCCCOc1ccc(C(=O)Nc2nnc(-c3cccs3)s2)cc1OCC. The molecule has 27 heavy (non-hydrogen) atoms. The van der Waals surface area contributed by atoms with Gasteiger partial charge in [-0.25, -0.2) is 0 Å². The van der Waals surface area contributed by atoms with Crippen LogP contribution in [0.3, 0.4) is 0 Å². The second kappa shape index (κ2) is 9.48. The minimum atomic E-state index is -0.259. The van der Waals surface area contributed by atoms with E-state index in [0.717, 1.165) is 22.7 Å². The van der Waals surface area contributed by atoms with Crippen LogP contribution < -0.4 is 14.8 Å². The van der Waals surface area contributed by atoms with E-state index in [-0.39, 0.29) is 5.91 Å². The van der Waals surface area contributed by atoms with E-state index >= 15 is 0 Å². The fraction of sp³-hybridized carbons (Fsp3) is 0.316. The number of nitrogens with zero attached hydrogens (tertiary/aromatic N) is 2. The van der Waals surface area contributed by atoms with Crippen LogP contribution in [0.4, 0.5) is 5.13 Å². The highest BCUT2D eigenvalue weighted by atomic mass is 32.1. The Hall–Kier alpha value is -2.45. The molecule has 0 bridgehead atoms. The number of thiophene rings is 1. The van der Waals surface area contributed by atoms with E-state index in [1.54, 1.807) is 29.5 Å². The third kappa shape index (κ3) is 5.05. The molecular weight excluding hydrogens is 382 g/mol. The second-order valence-corrected chi connectivity index (χ2v) is 7.57. The first-order valence-corrected chi connectivity index (χ1v) is 10.5. The van der Waals surface area contributed by atoms with E-state index in [0.29, 0.717) is 35.4 Å². The van der Waals surface area contributed by atoms with E-state index in [1.165, 1.54) is 11.3 Å². The van der Waals surface area contributed by atoms with Gasteiger partial charge in [0.1, 0.15) is 0 Å². The molecule has 2 aromatic heterocycles. The summed E-state index contributed by atoms with van der Waals surface area (Å²) in [5, 5.41) is 14.2. The van der Waals surface area contributed by atoms with Crippen molar-refractivity contribution in [2.45, 2.75) is 26.7 Å². The molecule has 1 N–H and O–H groups in total. The molecule has 3 rings (SSSR count). The van der Waals surface area contributed by atoms with Crippen molar-refractivity contribution in [2.75, 3.05) is 18.5 Å². The summed E-state index contributed by atoms with van der Waals surface area (Å²) in [5.74, 6) is 0.959. The largest absolute Gasteiger partial charge is 0.490 e. The Bertz CT molecular complexity index is 878. The Morgan fingerprint density at radius 2 is 2.04 bits per heavy atom. The summed E-state index contributed by atoms with van der Waals surface area (Å²) >= 11 is 2.93. The van der Waals surface area contributed by atoms with Crippen molar-refractivity contribution in [2.24, 2.45) is 0 Å². The average molecular weight is 404 g/mol. The fourth-order valence-electron chi connectivity index (χ4n) is 2.31. The van der Waals surface area contributed by atoms with Gasteiger partial charge in [0.15, 0.2) is 16.5 Å². The summed E-state index contributed by atoms with van der Waals surface area (Å²) in [6.07, 6.45) is 2.02. The van der Waals surface area contributed by atoms with Crippen molar-refractivity contribution < 1.29 is 14.3 Å². The lowest BCUT2D eigenvalue weighted by atomic mass is 10.2. The minimum Gasteiger partial charge on any atom is -0.490 e. The predicted octanol–water partition coefficient (Wildman–Crippen LogP) is 5.10. The van der Waals surface area contributed by atoms with Gasteiger partial charge >= 0.3 is 0 Å². The van der Waals surface area contributed by atoms with Gasteiger partial charge < -0.3 is 9.47 Å². The summed E-state index contributed by atoms with van der Waals surface area (Å²) in [7, 11) is 0. The molecule has 1 amide bonds. The molecule has 3 aromatic rings. The van der Waals surface area contributed by atoms with Gasteiger partial charge in [-0.2, -0.15) is 0 Å². The Balaban J connectivity index is 1.71. The van der Waals surface area contributed by atoms with Crippen molar-refractivity contribution in [1.82, 2.24) is 10.2 Å². The Morgan fingerprint density at radius 1 is 1.15 bits per heavy atom. The molecule has 0 saturated carbocycles. The Labute approximate surface area is 166 Å². The van der Waals surface area contributed by atoms with Crippen LogP contribution >= 0.6 is 22.7 Å². The highest BCUT2D eigenvalue weighted by molar-refractivity contribution is 7.23. The number of ether oxygens (including phenoxy) is 2. The third-order valence-electron chi connectivity index (χ3n) is 3.64. The molecular formula is C19H21N3O3S2. The zero-order valence-corrected chi connectivity index (χ0v) is 16.9. The van der Waals surface area contributed by atoms with Gasteiger partial charge in [-0.15, -0.1) is 21.5 Å². The number of amides is 1. The molecule has 0 aliphatic rings. The third-order valence-corrected chi connectivity index (χ3v) is 5.52. The monoisotopic (exact) mass is 403 g/mol. The highest BCUT2D eigenvalue weighted by Crippen LogP contribution is 2.31. The molecule has 8 heteroatoms. The van der Waals surface area contributed by atoms with Gasteiger partial charge in [-0.3, -0.25) is 10.1 Å². The molecule has 0 aliphatic heterocycles. The summed E-state index contributed by atoms with van der Waals surface area (Å²) in [4.78, 5) is 13.6. The lowest BCUT2D eigenvalue weighted by molar-refractivity contribution is 0.102. The van der Waals surface area contributed by atoms with E-state index in [9.17, 15) is 4.79 Å². The van der Waals surface area contributed by atoms with E-state index < -0.39 is 0 Å². The van der Waals surface area contributed by atoms with Gasteiger partial charge in [-0.1, -0.05) is 30.7 Å². The van der Waals surface area contributed by atoms with Crippen LogP contribution in [0.1, 0.15) is 37.0 Å². The van der Waals surface area contributed by atoms with Crippen LogP contribution in [-0.4, -0.2) is 29.3 Å². The molecule has 0 saturated heterocycles. The molecule has 6 nitrogen and oxygen atoms in total. The summed E-state index contributed by atoms with van der Waals surface area (Å²) < 4.78 is 11.4. The molecule has 0 fully saturated rings. The predicted molar refractivity (Wildman–Crippen MR) is 109 cm³/mol. The van der Waals surface area contributed by atoms with Crippen LogP contribution in [0.15, 0.2) is 35.7 Å². The number of nitrogens with one attached hydrogen (secondary N) is 1. The molecule has 1 aromatic carbocycles. The van der Waals surface area contributed by atoms with Crippen LogP contribution in [0.5, 0.6) is 11.5 Å². The maximum atomic E-state index is 12.6. The van der Waals surface area contributed by atoms with E-state index in [2.05, 4.69) is 22.4 Å². The number of rotatable bonds is 9. The number of anilines is 1. The normalized spacial score (nSPS) is 10.6. The van der Waals surface area contributed by atoms with E-state index in [4.69, 9.17) is 9.47 Å². The number of unbranched alkanes of at least 4 members (excludes halogenated alkanes) is 1. The Morgan fingerprint density at radius 3 is 2.78 bits per heavy atom. The van der Waals surface area contributed by atoms with Crippen molar-refractivity contribution in [3.63, 3.8) is 0 Å². The van der Waals surface area contributed by atoms with Crippen molar-refractivity contribution in [3.05, 3.63) is 41.3 Å². The van der Waals surface area contributed by atoms with Gasteiger partial charge in [-0.05, 0) is 43.0 Å². The lowest BCUT2D eigenvalue weighted by Crippen LogP contribution is -2.12. The first-order chi connectivity index (χ1) is 13.2. The molecule has 2 heterocycles. The molecule has 0 aliphatic carbocycles. The van der Waals surface area contributed by atoms with Gasteiger partial charge in [0.05, 0.1) is 18.1 Å². The summed E-state index contributed by atoms with van der Waals surface area (Å²) in [5.41, 5.74) is 0.481. The van der Waals surface area contributed by atoms with Crippen LogP contribution in [0.25, 0.3) is 9.88 Å². The average Bonchev–Trinajstić information content (AvgIpc) is 3.35. The molecule has 0 unspecified atom stereocenters. The maximum absolute atomic E-state index is 12.6. The molecule has 142 valence electrons. The highest BCUT2D eigenvalue weighted by Gasteiger charge is 2.15. The van der Waals surface area contributed by atoms with Crippen LogP contribution in [0.2, 0.25) is 0 Å². The van der Waals surface area contributed by atoms with Crippen molar-refractivity contribution >= 4 is 33.7 Å². The Kier molecular flexibility index (Phi) is 6.78. The number of carbonyl (C=O) groups excluding carboxylic acids is 1. The fourth-order valence-corrected chi connectivity index (χ4v) is 3.84. The number of carbonyl (C=O) groups is 1. The smallest absolute Gasteiger partial charge is 0.257 e. The number of benzene rings is 1. The number of hydrogen-bond acceptors (Lipinski definition) is 7. The zero-order valence-electron chi connectivity index (χ0n) is 15.2. The van der Waals surface area contributed by atoms with Gasteiger partial charge in [0.2, 0.25) is 5.13 Å². The molecule has 0 radical (unpaired) electrons. The maximum Gasteiger partial charge on any atom is 0.257 e. The van der Waals surface area contributed by atoms with E-state index in [1.807, 2.05) is 24.4 Å². The standard InChI is InChI=1S/C19H21N3O3S2/c1-3-5-10-25-14-9-8-13(12-15(14)24-4-2)17(23)20-19-22-21-18(27-19)16-7-6-11-26-16/h6-9,11-12H,3-5,10H2,1-2H3,(H,20,22,23). The summed E-state index contributed by atoms with van der Waals surface area (Å²) in [6.45, 7) is 5.13. The zero-order chi connectivity index (χ0) is 19.1. The summed E-state index contributed by atoms with van der Waals surface area (Å²) in [6, 6.07) is 9.12. The molecule has 0 atom stereocenters. The van der Waals surface area contributed by atoms with Crippen molar-refractivity contribution in [3.8, 4) is 21.4 Å². The van der Waals surface area contributed by atoms with Crippen molar-refractivity contribution in [1.29, 1.82) is 0 Å². The first-order valence-electron chi connectivity index (χ1n) is 8.79. The lowest BCUT2D eigenvalue weighted by Gasteiger charge is -2.13.